The van der Waals surface area contributed by atoms with Gasteiger partial charge in [0, 0.05) is 6.61 Å². The van der Waals surface area contributed by atoms with Gasteiger partial charge in [0.05, 0.1) is 0 Å². The molecule has 0 aromatic carbocycles. The van der Waals surface area contributed by atoms with Gasteiger partial charge in [-0.3, -0.25) is 0 Å². The van der Waals surface area contributed by atoms with Crippen LogP contribution in [0.1, 0.15) is 34.1 Å². The molecular formula is C11H18O. The SMILES string of the molecule is CC1=C(C)C(C)C(C)=C1CCO. The first kappa shape index (κ1) is 9.53. The Morgan fingerprint density at radius 1 is 1.17 bits per heavy atom. The van der Waals surface area contributed by atoms with E-state index in [0.717, 1.165) is 6.42 Å². The van der Waals surface area contributed by atoms with E-state index >= 15 is 0 Å². The van der Waals surface area contributed by atoms with E-state index in [-0.39, 0.29) is 6.61 Å². The Balaban J connectivity index is 2.96. The van der Waals surface area contributed by atoms with E-state index in [1.807, 2.05) is 0 Å². The number of allylic oxidation sites excluding steroid dienone is 3. The van der Waals surface area contributed by atoms with Crippen LogP contribution < -0.4 is 0 Å². The third kappa shape index (κ3) is 1.34. The Morgan fingerprint density at radius 3 is 2.08 bits per heavy atom. The predicted octanol–water partition coefficient (Wildman–Crippen LogP) is 2.67. The minimum Gasteiger partial charge on any atom is -0.396 e. The molecule has 0 aliphatic heterocycles. The Bertz CT molecular complexity index is 246. The molecule has 12 heavy (non-hydrogen) atoms. The fourth-order valence-corrected chi connectivity index (χ4v) is 1.94. The van der Waals surface area contributed by atoms with Crippen LogP contribution in [0.4, 0.5) is 0 Å². The second-order valence-corrected chi connectivity index (χ2v) is 3.66. The molecule has 1 unspecified atom stereocenters. The predicted molar refractivity (Wildman–Crippen MR) is 51.9 cm³/mol. The maximum Gasteiger partial charge on any atom is 0.0471 e. The minimum atomic E-state index is 0.268. The molecule has 1 aliphatic carbocycles. The Labute approximate surface area is 74.8 Å². The van der Waals surface area contributed by atoms with Gasteiger partial charge < -0.3 is 5.11 Å². The van der Waals surface area contributed by atoms with E-state index in [1.165, 1.54) is 22.3 Å². The van der Waals surface area contributed by atoms with Gasteiger partial charge in [-0.25, -0.2) is 0 Å². The van der Waals surface area contributed by atoms with E-state index in [0.29, 0.717) is 5.92 Å². The zero-order valence-corrected chi connectivity index (χ0v) is 8.44. The molecule has 0 amide bonds. The molecule has 68 valence electrons. The van der Waals surface area contributed by atoms with Crippen molar-refractivity contribution < 1.29 is 5.11 Å². The van der Waals surface area contributed by atoms with Gasteiger partial charge in [-0.15, -0.1) is 0 Å². The van der Waals surface area contributed by atoms with Crippen LogP contribution >= 0.6 is 0 Å². The van der Waals surface area contributed by atoms with Gasteiger partial charge in [0.25, 0.3) is 0 Å². The van der Waals surface area contributed by atoms with Crippen molar-refractivity contribution >= 4 is 0 Å². The molecule has 1 rings (SSSR count). The van der Waals surface area contributed by atoms with Crippen molar-refractivity contribution in [1.29, 1.82) is 0 Å². The van der Waals surface area contributed by atoms with E-state index in [2.05, 4.69) is 27.7 Å². The lowest BCUT2D eigenvalue weighted by molar-refractivity contribution is 0.299. The Morgan fingerprint density at radius 2 is 1.75 bits per heavy atom. The first-order valence-corrected chi connectivity index (χ1v) is 4.57. The fourth-order valence-electron chi connectivity index (χ4n) is 1.94. The third-order valence-corrected chi connectivity index (χ3v) is 3.18. The normalized spacial score (nSPS) is 24.2. The summed E-state index contributed by atoms with van der Waals surface area (Å²) in [6.07, 6.45) is 0.819. The Kier molecular flexibility index (Phi) is 2.73. The molecule has 1 aliphatic rings. The molecule has 0 saturated heterocycles. The maximum atomic E-state index is 8.88. The molecule has 0 saturated carbocycles. The van der Waals surface area contributed by atoms with Crippen molar-refractivity contribution in [2.75, 3.05) is 6.61 Å². The lowest BCUT2D eigenvalue weighted by Crippen LogP contribution is -1.93. The molecule has 1 nitrogen and oxygen atoms in total. The molecule has 0 bridgehead atoms. The lowest BCUT2D eigenvalue weighted by atomic mass is 9.99. The van der Waals surface area contributed by atoms with Crippen molar-refractivity contribution in [2.24, 2.45) is 5.92 Å². The first-order chi connectivity index (χ1) is 5.59. The summed E-state index contributed by atoms with van der Waals surface area (Å²) in [7, 11) is 0. The van der Waals surface area contributed by atoms with Gasteiger partial charge in [0.1, 0.15) is 0 Å². The van der Waals surface area contributed by atoms with Gasteiger partial charge in [-0.05, 0) is 44.3 Å². The summed E-state index contributed by atoms with van der Waals surface area (Å²) in [6, 6.07) is 0. The summed E-state index contributed by atoms with van der Waals surface area (Å²) in [6.45, 7) is 9.03. The number of hydrogen-bond acceptors (Lipinski definition) is 1. The number of aliphatic hydroxyl groups excluding tert-OH is 1. The van der Waals surface area contributed by atoms with Crippen molar-refractivity contribution in [3.8, 4) is 0 Å². The van der Waals surface area contributed by atoms with Gasteiger partial charge in [-0.2, -0.15) is 0 Å². The average Bonchev–Trinajstić information content (AvgIpc) is 2.23. The van der Waals surface area contributed by atoms with Crippen LogP contribution in [-0.4, -0.2) is 11.7 Å². The fraction of sp³-hybridized carbons (Fsp3) is 0.636. The third-order valence-electron chi connectivity index (χ3n) is 3.18. The zero-order valence-electron chi connectivity index (χ0n) is 8.44. The van der Waals surface area contributed by atoms with E-state index < -0.39 is 0 Å². The van der Waals surface area contributed by atoms with Crippen molar-refractivity contribution in [3.63, 3.8) is 0 Å². The topological polar surface area (TPSA) is 20.2 Å². The second kappa shape index (κ2) is 3.44. The maximum absolute atomic E-state index is 8.88. The summed E-state index contributed by atoms with van der Waals surface area (Å²) in [5, 5.41) is 8.88. The van der Waals surface area contributed by atoms with Crippen LogP contribution in [0.3, 0.4) is 0 Å². The molecule has 0 fully saturated rings. The smallest absolute Gasteiger partial charge is 0.0471 e. The van der Waals surface area contributed by atoms with Crippen molar-refractivity contribution in [2.45, 2.75) is 34.1 Å². The van der Waals surface area contributed by atoms with E-state index in [9.17, 15) is 0 Å². The molecule has 1 heteroatoms. The summed E-state index contributed by atoms with van der Waals surface area (Å²) in [5.41, 5.74) is 5.69. The number of rotatable bonds is 2. The highest BCUT2D eigenvalue weighted by Gasteiger charge is 2.21. The number of aliphatic hydroxyl groups is 1. The summed E-state index contributed by atoms with van der Waals surface area (Å²) in [4.78, 5) is 0. The standard InChI is InChI=1S/C11H18O/c1-7-8(2)10(4)11(5-6-12)9(7)3/h7,12H,5-6H2,1-4H3. The van der Waals surface area contributed by atoms with Gasteiger partial charge >= 0.3 is 0 Å². The van der Waals surface area contributed by atoms with Gasteiger partial charge in [-0.1, -0.05) is 18.1 Å². The van der Waals surface area contributed by atoms with Crippen molar-refractivity contribution in [1.82, 2.24) is 0 Å². The van der Waals surface area contributed by atoms with Gasteiger partial charge in [0.15, 0.2) is 0 Å². The van der Waals surface area contributed by atoms with Crippen LogP contribution in [0.25, 0.3) is 0 Å². The highest BCUT2D eigenvalue weighted by molar-refractivity contribution is 5.46. The van der Waals surface area contributed by atoms with E-state index in [1.54, 1.807) is 0 Å². The van der Waals surface area contributed by atoms with Gasteiger partial charge in [0.2, 0.25) is 0 Å². The monoisotopic (exact) mass is 166 g/mol. The molecule has 1 atom stereocenters. The number of hydrogen-bond donors (Lipinski definition) is 1. The highest BCUT2D eigenvalue weighted by Crippen LogP contribution is 2.37. The molecule has 0 radical (unpaired) electrons. The first-order valence-electron chi connectivity index (χ1n) is 4.57. The molecule has 0 aromatic heterocycles. The summed E-state index contributed by atoms with van der Waals surface area (Å²) in [5.74, 6) is 0.589. The van der Waals surface area contributed by atoms with Crippen LogP contribution in [0, 0.1) is 5.92 Å². The summed E-state index contributed by atoms with van der Waals surface area (Å²) < 4.78 is 0. The van der Waals surface area contributed by atoms with Crippen LogP contribution in [-0.2, 0) is 0 Å². The molecular weight excluding hydrogens is 148 g/mol. The molecule has 0 spiro atoms. The average molecular weight is 166 g/mol. The second-order valence-electron chi connectivity index (χ2n) is 3.66. The highest BCUT2D eigenvalue weighted by atomic mass is 16.2. The lowest BCUT2D eigenvalue weighted by Gasteiger charge is -2.06. The van der Waals surface area contributed by atoms with Crippen LogP contribution in [0.5, 0.6) is 0 Å². The molecule has 1 N–H and O–H groups in total. The summed E-state index contributed by atoms with van der Waals surface area (Å²) >= 11 is 0. The minimum absolute atomic E-state index is 0.268. The molecule has 0 heterocycles. The zero-order chi connectivity index (χ0) is 9.30. The van der Waals surface area contributed by atoms with Crippen LogP contribution in [0.2, 0.25) is 0 Å². The quantitative estimate of drug-likeness (QED) is 0.668. The van der Waals surface area contributed by atoms with Crippen molar-refractivity contribution in [3.05, 3.63) is 22.3 Å². The largest absolute Gasteiger partial charge is 0.396 e. The molecule has 0 aromatic rings. The Hall–Kier alpha value is -0.560. The van der Waals surface area contributed by atoms with E-state index in [4.69, 9.17) is 5.11 Å². The van der Waals surface area contributed by atoms with Crippen LogP contribution in [0.15, 0.2) is 22.3 Å².